The zero-order valence-corrected chi connectivity index (χ0v) is 12.4. The Bertz CT molecular complexity index is 677. The highest BCUT2D eigenvalue weighted by molar-refractivity contribution is 7.94. The van der Waals surface area contributed by atoms with Gasteiger partial charge in [0.05, 0.1) is 0 Å². The van der Waals surface area contributed by atoms with Crippen LogP contribution in [0.4, 0.5) is 5.69 Å². The van der Waals surface area contributed by atoms with Crippen LogP contribution < -0.4 is 10.0 Å². The fraction of sp³-hybridized carbons (Fsp3) is 0.154. The lowest BCUT2D eigenvalue weighted by Crippen LogP contribution is -2.22. The third-order valence-electron chi connectivity index (χ3n) is 2.50. The Morgan fingerprint density at radius 3 is 2.45 bits per heavy atom. The van der Waals surface area contributed by atoms with E-state index in [1.54, 1.807) is 35.7 Å². The van der Waals surface area contributed by atoms with Crippen LogP contribution in [-0.4, -0.2) is 20.9 Å². The highest BCUT2D eigenvalue weighted by atomic mass is 32.2. The molecule has 20 heavy (non-hydrogen) atoms. The van der Waals surface area contributed by atoms with Gasteiger partial charge in [-0.3, -0.25) is 9.52 Å². The lowest BCUT2D eigenvalue weighted by atomic mass is 10.2. The van der Waals surface area contributed by atoms with Gasteiger partial charge < -0.3 is 5.32 Å². The Labute approximate surface area is 121 Å². The zero-order chi connectivity index (χ0) is 14.6. The Hall–Kier alpha value is -1.86. The van der Waals surface area contributed by atoms with Crippen molar-refractivity contribution in [2.45, 2.75) is 11.1 Å². The molecule has 0 atom stereocenters. The molecule has 0 aliphatic heterocycles. The number of benzene rings is 1. The van der Waals surface area contributed by atoms with Gasteiger partial charge >= 0.3 is 0 Å². The summed E-state index contributed by atoms with van der Waals surface area (Å²) in [5.41, 5.74) is 0.914. The molecule has 0 spiro atoms. The number of thiophene rings is 1. The minimum Gasteiger partial charge on any atom is -0.352 e. The van der Waals surface area contributed by atoms with Crippen molar-refractivity contribution in [1.29, 1.82) is 0 Å². The Morgan fingerprint density at radius 1 is 1.20 bits per heavy atom. The number of anilines is 1. The van der Waals surface area contributed by atoms with Crippen molar-refractivity contribution >= 4 is 33.0 Å². The fourth-order valence-electron chi connectivity index (χ4n) is 1.57. The molecule has 1 heterocycles. The van der Waals surface area contributed by atoms with Gasteiger partial charge in [-0.15, -0.1) is 11.3 Å². The predicted octanol–water partition coefficient (Wildman–Crippen LogP) is 2.30. The molecule has 0 bridgehead atoms. The summed E-state index contributed by atoms with van der Waals surface area (Å²) < 4.78 is 26.7. The van der Waals surface area contributed by atoms with Crippen LogP contribution in [0.3, 0.4) is 0 Å². The molecule has 0 saturated heterocycles. The second-order valence-corrected chi connectivity index (χ2v) is 6.83. The van der Waals surface area contributed by atoms with E-state index in [2.05, 4.69) is 10.0 Å². The van der Waals surface area contributed by atoms with E-state index in [-0.39, 0.29) is 10.1 Å². The molecule has 0 aliphatic rings. The maximum absolute atomic E-state index is 12.0. The number of sulfonamides is 1. The first-order chi connectivity index (χ1) is 9.53. The second kappa shape index (κ2) is 6.06. The molecule has 0 saturated carbocycles. The van der Waals surface area contributed by atoms with Gasteiger partial charge in [0.15, 0.2) is 0 Å². The van der Waals surface area contributed by atoms with Crippen molar-refractivity contribution in [3.05, 3.63) is 47.3 Å². The fourth-order valence-corrected chi connectivity index (χ4v) is 3.63. The van der Waals surface area contributed by atoms with Crippen molar-refractivity contribution < 1.29 is 13.2 Å². The minimum absolute atomic E-state index is 0.180. The largest absolute Gasteiger partial charge is 0.352 e. The van der Waals surface area contributed by atoms with Gasteiger partial charge in [0.1, 0.15) is 4.21 Å². The molecule has 1 aromatic heterocycles. The van der Waals surface area contributed by atoms with Crippen LogP contribution in [0.5, 0.6) is 0 Å². The molecule has 2 N–H and O–H groups in total. The average Bonchev–Trinajstić information content (AvgIpc) is 2.94. The van der Waals surface area contributed by atoms with E-state index < -0.39 is 10.0 Å². The number of nitrogens with one attached hydrogen (secondary N) is 2. The van der Waals surface area contributed by atoms with Crippen LogP contribution in [0.1, 0.15) is 17.3 Å². The molecular formula is C13H14N2O3S2. The summed E-state index contributed by atoms with van der Waals surface area (Å²) in [7, 11) is -3.55. The molecule has 2 aromatic rings. The first kappa shape index (κ1) is 14.5. The summed E-state index contributed by atoms with van der Waals surface area (Å²) in [5.74, 6) is -0.180. The Morgan fingerprint density at radius 2 is 1.90 bits per heavy atom. The van der Waals surface area contributed by atoms with Crippen LogP contribution in [0.15, 0.2) is 46.0 Å². The summed E-state index contributed by atoms with van der Waals surface area (Å²) in [4.78, 5) is 11.6. The molecule has 5 nitrogen and oxygen atoms in total. The Balaban J connectivity index is 2.14. The molecule has 2 rings (SSSR count). The van der Waals surface area contributed by atoms with Crippen LogP contribution in [-0.2, 0) is 10.0 Å². The highest BCUT2D eigenvalue weighted by Gasteiger charge is 2.15. The first-order valence-corrected chi connectivity index (χ1v) is 8.34. The number of rotatable bonds is 5. The predicted molar refractivity (Wildman–Crippen MR) is 79.6 cm³/mol. The quantitative estimate of drug-likeness (QED) is 0.890. The van der Waals surface area contributed by atoms with Crippen LogP contribution >= 0.6 is 11.3 Å². The third-order valence-corrected chi connectivity index (χ3v) is 5.28. The molecule has 0 unspecified atom stereocenters. The SMILES string of the molecule is CCNC(=O)c1ccc(NS(=O)(=O)c2cccs2)cc1. The molecule has 0 radical (unpaired) electrons. The maximum atomic E-state index is 12.0. The van der Waals surface area contributed by atoms with E-state index in [9.17, 15) is 13.2 Å². The van der Waals surface area contributed by atoms with E-state index in [1.807, 2.05) is 6.92 Å². The summed E-state index contributed by atoms with van der Waals surface area (Å²) in [6.07, 6.45) is 0. The van der Waals surface area contributed by atoms with Gasteiger partial charge in [-0.2, -0.15) is 0 Å². The van der Waals surface area contributed by atoms with Crippen LogP contribution in [0.2, 0.25) is 0 Å². The van der Waals surface area contributed by atoms with Gasteiger partial charge in [-0.05, 0) is 42.6 Å². The molecule has 0 fully saturated rings. The lowest BCUT2D eigenvalue weighted by Gasteiger charge is -2.07. The number of hydrogen-bond donors (Lipinski definition) is 2. The minimum atomic E-state index is -3.55. The smallest absolute Gasteiger partial charge is 0.271 e. The van der Waals surface area contributed by atoms with Crippen molar-refractivity contribution in [2.24, 2.45) is 0 Å². The van der Waals surface area contributed by atoms with E-state index >= 15 is 0 Å². The second-order valence-electron chi connectivity index (χ2n) is 3.97. The molecule has 0 aliphatic carbocycles. The van der Waals surface area contributed by atoms with E-state index in [4.69, 9.17) is 0 Å². The summed E-state index contributed by atoms with van der Waals surface area (Å²) >= 11 is 1.15. The average molecular weight is 310 g/mol. The highest BCUT2D eigenvalue weighted by Crippen LogP contribution is 2.20. The molecular weight excluding hydrogens is 296 g/mol. The zero-order valence-electron chi connectivity index (χ0n) is 10.8. The van der Waals surface area contributed by atoms with Gasteiger partial charge in [0.25, 0.3) is 15.9 Å². The molecule has 106 valence electrons. The number of hydrogen-bond acceptors (Lipinski definition) is 4. The maximum Gasteiger partial charge on any atom is 0.271 e. The third kappa shape index (κ3) is 3.37. The van der Waals surface area contributed by atoms with E-state index in [1.165, 1.54) is 6.07 Å². The van der Waals surface area contributed by atoms with Crippen LogP contribution in [0.25, 0.3) is 0 Å². The van der Waals surface area contributed by atoms with Gasteiger partial charge in [0, 0.05) is 17.8 Å². The monoisotopic (exact) mass is 310 g/mol. The lowest BCUT2D eigenvalue weighted by molar-refractivity contribution is 0.0956. The normalized spacial score (nSPS) is 11.1. The number of carbonyl (C=O) groups excluding carboxylic acids is 1. The summed E-state index contributed by atoms with van der Waals surface area (Å²) in [5, 5.41) is 4.38. The van der Waals surface area contributed by atoms with Crippen LogP contribution in [0, 0.1) is 0 Å². The Kier molecular flexibility index (Phi) is 4.41. The molecule has 1 aromatic carbocycles. The van der Waals surface area contributed by atoms with Gasteiger partial charge in [-0.25, -0.2) is 8.42 Å². The summed E-state index contributed by atoms with van der Waals surface area (Å²) in [6, 6.07) is 9.51. The molecule has 7 heteroatoms. The van der Waals surface area contributed by atoms with E-state index in [0.717, 1.165) is 11.3 Å². The van der Waals surface area contributed by atoms with Gasteiger partial charge in [-0.1, -0.05) is 6.07 Å². The van der Waals surface area contributed by atoms with Crippen molar-refractivity contribution in [3.8, 4) is 0 Å². The topological polar surface area (TPSA) is 75.3 Å². The van der Waals surface area contributed by atoms with Crippen molar-refractivity contribution in [3.63, 3.8) is 0 Å². The molecule has 1 amide bonds. The number of amides is 1. The summed E-state index contributed by atoms with van der Waals surface area (Å²) in [6.45, 7) is 2.38. The first-order valence-electron chi connectivity index (χ1n) is 5.97. The van der Waals surface area contributed by atoms with Crippen molar-refractivity contribution in [1.82, 2.24) is 5.32 Å². The van der Waals surface area contributed by atoms with E-state index in [0.29, 0.717) is 17.8 Å². The number of carbonyl (C=O) groups is 1. The standard InChI is InChI=1S/C13H14N2O3S2/c1-2-14-13(16)10-5-7-11(8-6-10)15-20(17,18)12-4-3-9-19-12/h3-9,15H,2H2,1H3,(H,14,16). The van der Waals surface area contributed by atoms with Crippen molar-refractivity contribution in [2.75, 3.05) is 11.3 Å². The van der Waals surface area contributed by atoms with Gasteiger partial charge in [0.2, 0.25) is 0 Å².